The average molecular weight is 263 g/mol. The first kappa shape index (κ1) is 13.2. The Bertz CT molecular complexity index is 383. The van der Waals surface area contributed by atoms with Crippen LogP contribution in [0.2, 0.25) is 0 Å². The molecule has 2 heterocycles. The molecule has 0 atom stereocenters. The molecule has 0 spiro atoms. The zero-order valence-electron chi connectivity index (χ0n) is 10.1. The molecule has 0 radical (unpaired) electrons. The van der Waals surface area contributed by atoms with Crippen LogP contribution in [0.3, 0.4) is 0 Å². The summed E-state index contributed by atoms with van der Waals surface area (Å²) in [5.41, 5.74) is 0.755. The van der Waals surface area contributed by atoms with Crippen molar-refractivity contribution in [3.8, 4) is 0 Å². The fourth-order valence-corrected chi connectivity index (χ4v) is 2.10. The van der Waals surface area contributed by atoms with Crippen molar-refractivity contribution in [2.45, 2.75) is 25.6 Å². The summed E-state index contributed by atoms with van der Waals surface area (Å²) >= 11 is 0. The molecule has 102 valence electrons. The SMILES string of the molecule is CNCc1coc(N2CCC(C(F)(F)F)CC2)n1. The van der Waals surface area contributed by atoms with Crippen LogP contribution in [0.1, 0.15) is 18.5 Å². The lowest BCUT2D eigenvalue weighted by atomic mass is 9.97. The minimum Gasteiger partial charge on any atom is -0.432 e. The van der Waals surface area contributed by atoms with Crippen LogP contribution in [-0.2, 0) is 6.54 Å². The predicted octanol–water partition coefficient (Wildman–Crippen LogP) is 2.17. The first-order chi connectivity index (χ1) is 8.50. The van der Waals surface area contributed by atoms with E-state index >= 15 is 0 Å². The number of oxazole rings is 1. The van der Waals surface area contributed by atoms with Gasteiger partial charge in [-0.2, -0.15) is 18.2 Å². The molecule has 0 aromatic carbocycles. The maximum atomic E-state index is 12.5. The van der Waals surface area contributed by atoms with Gasteiger partial charge in [0, 0.05) is 19.6 Å². The normalized spacial score (nSPS) is 18.3. The average Bonchev–Trinajstić information content (AvgIpc) is 2.77. The molecular weight excluding hydrogens is 247 g/mol. The van der Waals surface area contributed by atoms with Gasteiger partial charge in [-0.05, 0) is 19.9 Å². The van der Waals surface area contributed by atoms with Crippen LogP contribution >= 0.6 is 0 Å². The number of hydrogen-bond donors (Lipinski definition) is 1. The van der Waals surface area contributed by atoms with Gasteiger partial charge in [0.1, 0.15) is 6.26 Å². The highest BCUT2D eigenvalue weighted by molar-refractivity contribution is 5.27. The van der Waals surface area contributed by atoms with Crippen molar-refractivity contribution in [2.24, 2.45) is 5.92 Å². The fourth-order valence-electron chi connectivity index (χ4n) is 2.10. The zero-order valence-corrected chi connectivity index (χ0v) is 10.1. The number of alkyl halides is 3. The van der Waals surface area contributed by atoms with Crippen LogP contribution < -0.4 is 10.2 Å². The van der Waals surface area contributed by atoms with Crippen molar-refractivity contribution >= 4 is 6.01 Å². The molecule has 1 saturated heterocycles. The Hall–Kier alpha value is -1.24. The molecule has 1 fully saturated rings. The number of hydrogen-bond acceptors (Lipinski definition) is 4. The Morgan fingerprint density at radius 3 is 2.67 bits per heavy atom. The van der Waals surface area contributed by atoms with E-state index in [1.807, 2.05) is 0 Å². The molecule has 18 heavy (non-hydrogen) atoms. The molecule has 0 saturated carbocycles. The zero-order chi connectivity index (χ0) is 13.2. The standard InChI is InChI=1S/C11H16F3N3O/c1-15-6-9-7-18-10(16-9)17-4-2-8(3-5-17)11(12,13)14/h7-8,15H,2-6H2,1H3. The Labute approximate surface area is 103 Å². The first-order valence-electron chi connectivity index (χ1n) is 5.91. The monoisotopic (exact) mass is 263 g/mol. The molecule has 0 bridgehead atoms. The molecule has 4 nitrogen and oxygen atoms in total. The van der Waals surface area contributed by atoms with E-state index < -0.39 is 12.1 Å². The van der Waals surface area contributed by atoms with E-state index in [2.05, 4.69) is 10.3 Å². The van der Waals surface area contributed by atoms with E-state index in [9.17, 15) is 13.2 Å². The molecular formula is C11H16F3N3O. The van der Waals surface area contributed by atoms with E-state index in [0.717, 1.165) is 5.69 Å². The predicted molar refractivity (Wildman–Crippen MR) is 60.3 cm³/mol. The lowest BCUT2D eigenvalue weighted by Crippen LogP contribution is -2.39. The summed E-state index contributed by atoms with van der Waals surface area (Å²) in [6.07, 6.45) is -2.35. The Morgan fingerprint density at radius 1 is 1.44 bits per heavy atom. The van der Waals surface area contributed by atoms with Crippen molar-refractivity contribution in [3.63, 3.8) is 0 Å². The number of aromatic nitrogens is 1. The van der Waals surface area contributed by atoms with E-state index in [1.54, 1.807) is 11.9 Å². The van der Waals surface area contributed by atoms with Crippen LogP contribution in [0, 0.1) is 5.92 Å². The van der Waals surface area contributed by atoms with E-state index in [4.69, 9.17) is 4.42 Å². The van der Waals surface area contributed by atoms with Crippen LogP contribution in [0.5, 0.6) is 0 Å². The second-order valence-electron chi connectivity index (χ2n) is 4.45. The third kappa shape index (κ3) is 2.95. The van der Waals surface area contributed by atoms with Crippen LogP contribution in [0.25, 0.3) is 0 Å². The molecule has 0 aliphatic carbocycles. The molecule has 1 aromatic heterocycles. The van der Waals surface area contributed by atoms with Gasteiger partial charge in [0.2, 0.25) is 0 Å². The highest BCUT2D eigenvalue weighted by Crippen LogP contribution is 2.35. The van der Waals surface area contributed by atoms with Crippen molar-refractivity contribution < 1.29 is 17.6 Å². The summed E-state index contributed by atoms with van der Waals surface area (Å²) in [7, 11) is 1.79. The molecule has 1 N–H and O–H groups in total. The second-order valence-corrected chi connectivity index (χ2v) is 4.45. The quantitative estimate of drug-likeness (QED) is 0.907. The van der Waals surface area contributed by atoms with Gasteiger partial charge in [-0.1, -0.05) is 0 Å². The van der Waals surface area contributed by atoms with Gasteiger partial charge in [-0.25, -0.2) is 0 Å². The molecule has 7 heteroatoms. The number of nitrogens with zero attached hydrogens (tertiary/aromatic N) is 2. The lowest BCUT2D eigenvalue weighted by Gasteiger charge is -2.31. The molecule has 1 aliphatic heterocycles. The third-order valence-electron chi connectivity index (χ3n) is 3.13. The first-order valence-corrected chi connectivity index (χ1v) is 5.91. The van der Waals surface area contributed by atoms with Crippen LogP contribution in [0.15, 0.2) is 10.7 Å². The number of nitrogens with one attached hydrogen (secondary N) is 1. The summed E-state index contributed by atoms with van der Waals surface area (Å²) in [6, 6.07) is 0.417. The highest BCUT2D eigenvalue weighted by Gasteiger charge is 2.41. The summed E-state index contributed by atoms with van der Waals surface area (Å²) in [4.78, 5) is 5.99. The van der Waals surface area contributed by atoms with Gasteiger partial charge in [-0.15, -0.1) is 0 Å². The fraction of sp³-hybridized carbons (Fsp3) is 0.727. The van der Waals surface area contributed by atoms with Crippen LogP contribution in [-0.4, -0.2) is 31.3 Å². The summed E-state index contributed by atoms with van der Waals surface area (Å²) in [5, 5.41) is 2.94. The Morgan fingerprint density at radius 2 is 2.11 bits per heavy atom. The minimum absolute atomic E-state index is 0.104. The van der Waals surface area contributed by atoms with Gasteiger partial charge in [0.15, 0.2) is 0 Å². The highest BCUT2D eigenvalue weighted by atomic mass is 19.4. The van der Waals surface area contributed by atoms with Crippen LogP contribution in [0.4, 0.5) is 19.2 Å². The lowest BCUT2D eigenvalue weighted by molar-refractivity contribution is -0.179. The largest absolute Gasteiger partial charge is 0.432 e. The molecule has 1 aliphatic rings. The molecule has 2 rings (SSSR count). The minimum atomic E-state index is -4.08. The van der Waals surface area contributed by atoms with Crippen molar-refractivity contribution in [2.75, 3.05) is 25.0 Å². The van der Waals surface area contributed by atoms with E-state index in [1.165, 1.54) is 6.26 Å². The van der Waals surface area contributed by atoms with E-state index in [0.29, 0.717) is 25.6 Å². The number of piperidine rings is 1. The molecule has 0 amide bonds. The summed E-state index contributed by atoms with van der Waals surface area (Å²) in [5.74, 6) is -1.19. The maximum absolute atomic E-state index is 12.5. The van der Waals surface area contributed by atoms with Gasteiger partial charge in [-0.3, -0.25) is 0 Å². The summed E-state index contributed by atoms with van der Waals surface area (Å²) < 4.78 is 42.8. The number of anilines is 1. The van der Waals surface area contributed by atoms with Gasteiger partial charge in [0.25, 0.3) is 6.01 Å². The molecule has 1 aromatic rings. The van der Waals surface area contributed by atoms with Gasteiger partial charge < -0.3 is 14.6 Å². The second kappa shape index (κ2) is 5.17. The number of halogens is 3. The van der Waals surface area contributed by atoms with Gasteiger partial charge in [0.05, 0.1) is 11.6 Å². The van der Waals surface area contributed by atoms with Gasteiger partial charge >= 0.3 is 6.18 Å². The topological polar surface area (TPSA) is 41.3 Å². The van der Waals surface area contributed by atoms with E-state index in [-0.39, 0.29) is 12.8 Å². The van der Waals surface area contributed by atoms with Crippen molar-refractivity contribution in [1.82, 2.24) is 10.3 Å². The third-order valence-corrected chi connectivity index (χ3v) is 3.13. The van der Waals surface area contributed by atoms with Crippen molar-refractivity contribution in [3.05, 3.63) is 12.0 Å². The number of rotatable bonds is 3. The Kier molecular flexibility index (Phi) is 3.79. The smallest absolute Gasteiger partial charge is 0.391 e. The van der Waals surface area contributed by atoms with Crippen molar-refractivity contribution in [1.29, 1.82) is 0 Å². The maximum Gasteiger partial charge on any atom is 0.391 e. The Balaban J connectivity index is 1.92. The summed E-state index contributed by atoms with van der Waals surface area (Å²) in [6.45, 7) is 1.26. The molecule has 0 unspecified atom stereocenters.